The first kappa shape index (κ1) is 16.2. The number of carbonyl (C=O) groups is 3. The lowest BCUT2D eigenvalue weighted by Gasteiger charge is -2.23. The van der Waals surface area contributed by atoms with Crippen molar-refractivity contribution in [3.63, 3.8) is 0 Å². The van der Waals surface area contributed by atoms with Crippen molar-refractivity contribution in [1.29, 1.82) is 0 Å². The van der Waals surface area contributed by atoms with E-state index in [1.54, 1.807) is 31.2 Å². The summed E-state index contributed by atoms with van der Waals surface area (Å²) in [6.07, 6.45) is 0.553. The number of Topliss-reactive ketones (excluding diaryl/α,β-unsaturated/α-hetero) is 1. The topological polar surface area (TPSA) is 86.7 Å². The SMILES string of the molecule is CC(=O)c1ccccc1NC(=O)C(C)N1CCC(C(=O)O)C1. The summed E-state index contributed by atoms with van der Waals surface area (Å²) in [5.74, 6) is -1.59. The zero-order valence-corrected chi connectivity index (χ0v) is 12.7. The minimum Gasteiger partial charge on any atom is -0.481 e. The van der Waals surface area contributed by atoms with Crippen LogP contribution in [0.2, 0.25) is 0 Å². The molecule has 0 aliphatic carbocycles. The van der Waals surface area contributed by atoms with Gasteiger partial charge in [-0.3, -0.25) is 19.3 Å². The average molecular weight is 304 g/mol. The molecule has 0 saturated carbocycles. The van der Waals surface area contributed by atoms with Gasteiger partial charge in [-0.15, -0.1) is 0 Å². The highest BCUT2D eigenvalue weighted by atomic mass is 16.4. The van der Waals surface area contributed by atoms with Crippen LogP contribution in [-0.2, 0) is 9.59 Å². The van der Waals surface area contributed by atoms with Crippen LogP contribution in [0.1, 0.15) is 30.6 Å². The molecule has 1 amide bonds. The predicted octanol–water partition coefficient (Wildman–Crippen LogP) is 1.62. The molecule has 1 aliphatic rings. The molecule has 1 aromatic rings. The highest BCUT2D eigenvalue weighted by Gasteiger charge is 2.33. The van der Waals surface area contributed by atoms with E-state index in [9.17, 15) is 14.4 Å². The first-order valence-electron chi connectivity index (χ1n) is 7.28. The van der Waals surface area contributed by atoms with Gasteiger partial charge in [0.05, 0.1) is 17.6 Å². The molecule has 0 radical (unpaired) electrons. The normalized spacial score (nSPS) is 19.6. The van der Waals surface area contributed by atoms with Crippen molar-refractivity contribution < 1.29 is 19.5 Å². The largest absolute Gasteiger partial charge is 0.481 e. The number of nitrogens with zero attached hydrogens (tertiary/aromatic N) is 1. The van der Waals surface area contributed by atoms with E-state index >= 15 is 0 Å². The van der Waals surface area contributed by atoms with Crippen LogP contribution >= 0.6 is 0 Å². The lowest BCUT2D eigenvalue weighted by atomic mass is 10.1. The highest BCUT2D eigenvalue weighted by molar-refractivity contribution is 6.04. The van der Waals surface area contributed by atoms with Crippen LogP contribution in [0.5, 0.6) is 0 Å². The number of benzene rings is 1. The number of ketones is 1. The second-order valence-corrected chi connectivity index (χ2v) is 5.59. The van der Waals surface area contributed by atoms with Crippen molar-refractivity contribution in [2.45, 2.75) is 26.3 Å². The Kier molecular flexibility index (Phi) is 4.92. The highest BCUT2D eigenvalue weighted by Crippen LogP contribution is 2.21. The number of para-hydroxylation sites is 1. The number of hydrogen-bond donors (Lipinski definition) is 2. The van der Waals surface area contributed by atoms with Crippen LogP contribution in [-0.4, -0.2) is 46.8 Å². The van der Waals surface area contributed by atoms with Crippen molar-refractivity contribution in [1.82, 2.24) is 4.90 Å². The van der Waals surface area contributed by atoms with E-state index in [4.69, 9.17) is 5.11 Å². The summed E-state index contributed by atoms with van der Waals surface area (Å²) in [5, 5.41) is 11.8. The van der Waals surface area contributed by atoms with Gasteiger partial charge in [0.15, 0.2) is 5.78 Å². The number of likely N-dealkylation sites (tertiary alicyclic amines) is 1. The predicted molar refractivity (Wildman–Crippen MR) is 81.9 cm³/mol. The summed E-state index contributed by atoms with van der Waals surface area (Å²) in [6, 6.07) is 6.41. The molecule has 6 nitrogen and oxygen atoms in total. The molecule has 1 heterocycles. The van der Waals surface area contributed by atoms with E-state index in [0.29, 0.717) is 30.8 Å². The molecule has 1 aromatic carbocycles. The molecule has 2 N–H and O–H groups in total. The van der Waals surface area contributed by atoms with Crippen molar-refractivity contribution in [2.24, 2.45) is 5.92 Å². The molecular formula is C16H20N2O4. The average Bonchev–Trinajstić information content (AvgIpc) is 2.96. The van der Waals surface area contributed by atoms with E-state index < -0.39 is 17.9 Å². The first-order valence-corrected chi connectivity index (χ1v) is 7.28. The van der Waals surface area contributed by atoms with E-state index in [1.165, 1.54) is 6.92 Å². The minimum atomic E-state index is -0.822. The van der Waals surface area contributed by atoms with Gasteiger partial charge in [0.1, 0.15) is 0 Å². The molecule has 2 atom stereocenters. The van der Waals surface area contributed by atoms with Crippen molar-refractivity contribution in [2.75, 3.05) is 18.4 Å². The molecule has 1 saturated heterocycles. The summed E-state index contributed by atoms with van der Waals surface area (Å²) in [4.78, 5) is 36.7. The third kappa shape index (κ3) is 3.51. The fourth-order valence-corrected chi connectivity index (χ4v) is 2.64. The summed E-state index contributed by atoms with van der Waals surface area (Å²) < 4.78 is 0. The number of carbonyl (C=O) groups excluding carboxylic acids is 2. The fourth-order valence-electron chi connectivity index (χ4n) is 2.64. The van der Waals surface area contributed by atoms with Gasteiger partial charge < -0.3 is 10.4 Å². The van der Waals surface area contributed by atoms with E-state index in [1.807, 2.05) is 4.90 Å². The maximum Gasteiger partial charge on any atom is 0.307 e. The van der Waals surface area contributed by atoms with Crippen LogP contribution in [0, 0.1) is 5.92 Å². The smallest absolute Gasteiger partial charge is 0.307 e. The van der Waals surface area contributed by atoms with Crippen LogP contribution in [0.25, 0.3) is 0 Å². The summed E-state index contributed by atoms with van der Waals surface area (Å²) in [5.41, 5.74) is 0.953. The van der Waals surface area contributed by atoms with Gasteiger partial charge in [-0.05, 0) is 38.9 Å². The Labute approximate surface area is 129 Å². The summed E-state index contributed by atoms with van der Waals surface area (Å²) >= 11 is 0. The molecule has 1 aliphatic heterocycles. The Bertz CT molecular complexity index is 600. The van der Waals surface area contributed by atoms with Crippen molar-refractivity contribution in [3.05, 3.63) is 29.8 Å². The third-order valence-corrected chi connectivity index (χ3v) is 4.06. The molecule has 6 heteroatoms. The van der Waals surface area contributed by atoms with Gasteiger partial charge in [0, 0.05) is 12.1 Å². The van der Waals surface area contributed by atoms with Gasteiger partial charge in [0.2, 0.25) is 5.91 Å². The van der Waals surface area contributed by atoms with Gasteiger partial charge in [-0.2, -0.15) is 0 Å². The number of nitrogens with one attached hydrogen (secondary N) is 1. The minimum absolute atomic E-state index is 0.115. The monoisotopic (exact) mass is 304 g/mol. The Hall–Kier alpha value is -2.21. The Balaban J connectivity index is 2.04. The van der Waals surface area contributed by atoms with Crippen LogP contribution in [0.4, 0.5) is 5.69 Å². The number of amides is 1. The lowest BCUT2D eigenvalue weighted by Crippen LogP contribution is -2.41. The summed E-state index contributed by atoms with van der Waals surface area (Å²) in [6.45, 7) is 4.15. The molecule has 0 bridgehead atoms. The fraction of sp³-hybridized carbons (Fsp3) is 0.438. The maximum absolute atomic E-state index is 12.3. The third-order valence-electron chi connectivity index (χ3n) is 4.06. The Morgan fingerprint density at radius 2 is 2.00 bits per heavy atom. The number of carboxylic acids is 1. The molecule has 118 valence electrons. The molecule has 22 heavy (non-hydrogen) atoms. The molecular weight excluding hydrogens is 284 g/mol. The zero-order valence-electron chi connectivity index (χ0n) is 12.7. The first-order chi connectivity index (χ1) is 10.4. The number of rotatable bonds is 5. The second kappa shape index (κ2) is 6.70. The molecule has 2 rings (SSSR count). The van der Waals surface area contributed by atoms with Gasteiger partial charge in [-0.25, -0.2) is 0 Å². The van der Waals surface area contributed by atoms with Gasteiger partial charge in [-0.1, -0.05) is 12.1 Å². The number of aliphatic carboxylic acids is 1. The second-order valence-electron chi connectivity index (χ2n) is 5.59. The van der Waals surface area contributed by atoms with E-state index in [-0.39, 0.29) is 11.7 Å². The van der Waals surface area contributed by atoms with Gasteiger partial charge >= 0.3 is 5.97 Å². The molecule has 0 spiro atoms. The van der Waals surface area contributed by atoms with Crippen LogP contribution in [0.15, 0.2) is 24.3 Å². The quantitative estimate of drug-likeness (QED) is 0.807. The molecule has 2 unspecified atom stereocenters. The van der Waals surface area contributed by atoms with E-state index in [2.05, 4.69) is 5.32 Å². The van der Waals surface area contributed by atoms with Gasteiger partial charge in [0.25, 0.3) is 0 Å². The Morgan fingerprint density at radius 1 is 1.32 bits per heavy atom. The lowest BCUT2D eigenvalue weighted by molar-refractivity contribution is -0.141. The Morgan fingerprint density at radius 3 is 2.59 bits per heavy atom. The number of hydrogen-bond acceptors (Lipinski definition) is 4. The van der Waals surface area contributed by atoms with E-state index in [0.717, 1.165) is 0 Å². The number of anilines is 1. The molecule has 1 fully saturated rings. The summed E-state index contributed by atoms with van der Waals surface area (Å²) in [7, 11) is 0. The van der Waals surface area contributed by atoms with Crippen LogP contribution < -0.4 is 5.32 Å². The van der Waals surface area contributed by atoms with Crippen LogP contribution in [0.3, 0.4) is 0 Å². The maximum atomic E-state index is 12.3. The number of carboxylic acid groups (broad SMARTS) is 1. The van der Waals surface area contributed by atoms with Crippen molar-refractivity contribution in [3.8, 4) is 0 Å². The van der Waals surface area contributed by atoms with Crippen molar-refractivity contribution >= 4 is 23.3 Å². The zero-order chi connectivity index (χ0) is 16.3. The molecule has 0 aromatic heterocycles. The standard InChI is InChI=1S/C16H20N2O4/c1-10(18-8-7-12(9-18)16(21)22)15(20)17-14-6-4-3-5-13(14)11(2)19/h3-6,10,12H,7-9H2,1-2H3,(H,17,20)(H,21,22).